The monoisotopic (exact) mass is 326 g/mol. The van der Waals surface area contributed by atoms with Gasteiger partial charge in [0.1, 0.15) is 0 Å². The smallest absolute Gasteiger partial charge is 0.241 e. The Hall–Kier alpha value is -0.910. The molecule has 0 spiro atoms. The maximum absolute atomic E-state index is 12.2. The van der Waals surface area contributed by atoms with Crippen LogP contribution in [0, 0.1) is 0 Å². The molecule has 5 heteroatoms. The predicted octanol–water partition coefficient (Wildman–Crippen LogP) is 2.23. The van der Waals surface area contributed by atoms with Crippen molar-refractivity contribution in [3.63, 3.8) is 0 Å². The van der Waals surface area contributed by atoms with Crippen molar-refractivity contribution >= 4 is 27.5 Å². The van der Waals surface area contributed by atoms with Crippen molar-refractivity contribution < 1.29 is 9.90 Å². The van der Waals surface area contributed by atoms with Crippen molar-refractivity contribution in [2.24, 2.45) is 0 Å². The minimum atomic E-state index is -0.210. The molecule has 4 nitrogen and oxygen atoms in total. The highest BCUT2D eigenvalue weighted by atomic mass is 79.9. The second-order valence-electron chi connectivity index (χ2n) is 4.94. The maximum atomic E-state index is 12.2. The number of carbonyl (C=O) groups excluding carboxylic acids is 1. The zero-order valence-corrected chi connectivity index (χ0v) is 12.6. The zero-order chi connectivity index (χ0) is 13.8. The molecule has 1 unspecified atom stereocenters. The largest absolute Gasteiger partial charge is 0.393 e. The lowest BCUT2D eigenvalue weighted by Crippen LogP contribution is -2.47. The van der Waals surface area contributed by atoms with E-state index in [2.05, 4.69) is 26.1 Å². The van der Waals surface area contributed by atoms with Gasteiger partial charge in [0.05, 0.1) is 12.1 Å². The van der Waals surface area contributed by atoms with Crippen LogP contribution in [0.3, 0.4) is 0 Å². The van der Waals surface area contributed by atoms with E-state index in [9.17, 15) is 9.90 Å². The summed E-state index contributed by atoms with van der Waals surface area (Å²) < 4.78 is 0.989. The molecule has 0 radical (unpaired) electrons. The lowest BCUT2D eigenvalue weighted by Gasteiger charge is -2.33. The number of amides is 1. The molecule has 104 valence electrons. The molecule has 0 aliphatic carbocycles. The van der Waals surface area contributed by atoms with Gasteiger partial charge in [0, 0.05) is 23.2 Å². The molecular weight excluding hydrogens is 308 g/mol. The summed E-state index contributed by atoms with van der Waals surface area (Å²) in [5.41, 5.74) is 0.803. The van der Waals surface area contributed by atoms with Gasteiger partial charge < -0.3 is 10.4 Å². The molecule has 1 aliphatic rings. The number of aliphatic hydroxyl groups is 1. The second kappa shape index (κ2) is 6.50. The van der Waals surface area contributed by atoms with Crippen LogP contribution in [0.25, 0.3) is 0 Å². The standard InChI is InChI=1S/C14H19BrN2O2/c1-10(17-8-6-13(18)7-9-17)14(19)16-12-4-2-11(15)3-5-12/h2-5,10,13,18H,6-9H2,1H3,(H,16,19). The number of rotatable bonds is 3. The van der Waals surface area contributed by atoms with Crippen LogP contribution >= 0.6 is 15.9 Å². The SMILES string of the molecule is CC(C(=O)Nc1ccc(Br)cc1)N1CCC(O)CC1. The highest BCUT2D eigenvalue weighted by Gasteiger charge is 2.25. The van der Waals surface area contributed by atoms with E-state index in [1.54, 1.807) is 0 Å². The number of benzene rings is 1. The summed E-state index contributed by atoms with van der Waals surface area (Å²) in [6.07, 6.45) is 1.28. The number of hydrogen-bond acceptors (Lipinski definition) is 3. The van der Waals surface area contributed by atoms with Crippen LogP contribution in [0.15, 0.2) is 28.7 Å². The molecule has 1 saturated heterocycles. The first-order chi connectivity index (χ1) is 9.06. The number of aliphatic hydroxyl groups excluding tert-OH is 1. The molecule has 1 aromatic rings. The van der Waals surface area contributed by atoms with Gasteiger partial charge in [0.25, 0.3) is 0 Å². The van der Waals surface area contributed by atoms with Crippen molar-refractivity contribution in [2.75, 3.05) is 18.4 Å². The van der Waals surface area contributed by atoms with E-state index >= 15 is 0 Å². The van der Waals surface area contributed by atoms with E-state index in [0.717, 1.165) is 36.1 Å². The van der Waals surface area contributed by atoms with E-state index in [1.165, 1.54) is 0 Å². The fraction of sp³-hybridized carbons (Fsp3) is 0.500. The highest BCUT2D eigenvalue weighted by molar-refractivity contribution is 9.10. The Morgan fingerprint density at radius 1 is 1.37 bits per heavy atom. The number of likely N-dealkylation sites (tertiary alicyclic amines) is 1. The molecule has 1 aromatic carbocycles. The van der Waals surface area contributed by atoms with Crippen molar-refractivity contribution in [1.82, 2.24) is 4.90 Å². The van der Waals surface area contributed by atoms with Gasteiger partial charge in [-0.2, -0.15) is 0 Å². The third kappa shape index (κ3) is 4.03. The van der Waals surface area contributed by atoms with Crippen LogP contribution in [0.2, 0.25) is 0 Å². The summed E-state index contributed by atoms with van der Waals surface area (Å²) in [4.78, 5) is 14.3. The number of hydrogen-bond donors (Lipinski definition) is 2. The Bertz CT molecular complexity index is 428. The molecule has 0 bridgehead atoms. The minimum absolute atomic E-state index is 0.00119. The molecule has 0 aromatic heterocycles. The van der Waals surface area contributed by atoms with Crippen molar-refractivity contribution in [1.29, 1.82) is 0 Å². The molecule has 1 heterocycles. The van der Waals surface area contributed by atoms with Gasteiger partial charge in [-0.3, -0.25) is 9.69 Å². The number of nitrogens with one attached hydrogen (secondary N) is 1. The molecular formula is C14H19BrN2O2. The summed E-state index contributed by atoms with van der Waals surface area (Å²) in [6.45, 7) is 3.46. The molecule has 1 amide bonds. The van der Waals surface area contributed by atoms with Gasteiger partial charge in [-0.15, -0.1) is 0 Å². The molecule has 1 aliphatic heterocycles. The topological polar surface area (TPSA) is 52.6 Å². The second-order valence-corrected chi connectivity index (χ2v) is 5.85. The number of anilines is 1. The Morgan fingerprint density at radius 3 is 2.53 bits per heavy atom. The summed E-state index contributed by atoms with van der Waals surface area (Å²) in [5.74, 6) is -0.00119. The van der Waals surface area contributed by atoms with E-state index < -0.39 is 0 Å². The number of nitrogens with zero attached hydrogens (tertiary/aromatic N) is 1. The fourth-order valence-electron chi connectivity index (χ4n) is 2.22. The van der Waals surface area contributed by atoms with Gasteiger partial charge in [0.2, 0.25) is 5.91 Å². The minimum Gasteiger partial charge on any atom is -0.393 e. The van der Waals surface area contributed by atoms with E-state index in [4.69, 9.17) is 0 Å². The lowest BCUT2D eigenvalue weighted by molar-refractivity contribution is -0.121. The van der Waals surface area contributed by atoms with Crippen LogP contribution in [0.4, 0.5) is 5.69 Å². The lowest BCUT2D eigenvalue weighted by atomic mass is 10.1. The average Bonchev–Trinajstić information content (AvgIpc) is 2.41. The van der Waals surface area contributed by atoms with Gasteiger partial charge in [0.15, 0.2) is 0 Å². The predicted molar refractivity (Wildman–Crippen MR) is 79.0 cm³/mol. The Balaban J connectivity index is 1.90. The summed E-state index contributed by atoms with van der Waals surface area (Å²) in [7, 11) is 0. The van der Waals surface area contributed by atoms with Gasteiger partial charge in [-0.05, 0) is 44.0 Å². The quantitative estimate of drug-likeness (QED) is 0.895. The first kappa shape index (κ1) is 14.5. The Morgan fingerprint density at radius 2 is 1.95 bits per heavy atom. The van der Waals surface area contributed by atoms with E-state index in [1.807, 2.05) is 31.2 Å². The van der Waals surface area contributed by atoms with E-state index in [0.29, 0.717) is 0 Å². The maximum Gasteiger partial charge on any atom is 0.241 e. The molecule has 0 saturated carbocycles. The molecule has 19 heavy (non-hydrogen) atoms. The number of halogens is 1. The van der Waals surface area contributed by atoms with Crippen LogP contribution in [-0.4, -0.2) is 41.1 Å². The summed E-state index contributed by atoms with van der Waals surface area (Å²) in [6, 6.07) is 7.37. The van der Waals surface area contributed by atoms with Crippen LogP contribution in [0.1, 0.15) is 19.8 Å². The molecule has 1 atom stereocenters. The average molecular weight is 327 g/mol. The third-order valence-corrected chi connectivity index (χ3v) is 4.07. The van der Waals surface area contributed by atoms with Gasteiger partial charge in [-0.1, -0.05) is 15.9 Å². The van der Waals surface area contributed by atoms with Crippen LogP contribution in [0.5, 0.6) is 0 Å². The number of piperidine rings is 1. The zero-order valence-electron chi connectivity index (χ0n) is 11.0. The normalized spacial score (nSPS) is 19.1. The van der Waals surface area contributed by atoms with Crippen molar-refractivity contribution in [2.45, 2.75) is 31.9 Å². The molecule has 1 fully saturated rings. The summed E-state index contributed by atoms with van der Waals surface area (Å²) >= 11 is 3.36. The summed E-state index contributed by atoms with van der Waals surface area (Å²) in [5, 5.41) is 12.4. The Labute approximate surface area is 121 Å². The third-order valence-electron chi connectivity index (χ3n) is 3.54. The molecule has 2 rings (SSSR count). The molecule has 2 N–H and O–H groups in total. The van der Waals surface area contributed by atoms with Crippen molar-refractivity contribution in [3.05, 3.63) is 28.7 Å². The van der Waals surface area contributed by atoms with Crippen molar-refractivity contribution in [3.8, 4) is 0 Å². The van der Waals surface area contributed by atoms with Crippen LogP contribution in [-0.2, 0) is 4.79 Å². The first-order valence-electron chi connectivity index (χ1n) is 6.55. The number of carbonyl (C=O) groups is 1. The highest BCUT2D eigenvalue weighted by Crippen LogP contribution is 2.16. The van der Waals surface area contributed by atoms with Gasteiger partial charge in [-0.25, -0.2) is 0 Å². The van der Waals surface area contributed by atoms with E-state index in [-0.39, 0.29) is 18.1 Å². The Kier molecular flexibility index (Phi) is 4.96. The first-order valence-corrected chi connectivity index (χ1v) is 7.34. The van der Waals surface area contributed by atoms with Gasteiger partial charge >= 0.3 is 0 Å². The van der Waals surface area contributed by atoms with Crippen LogP contribution < -0.4 is 5.32 Å². The fourth-order valence-corrected chi connectivity index (χ4v) is 2.48.